The van der Waals surface area contributed by atoms with E-state index in [0.717, 1.165) is 30.8 Å². The Kier molecular flexibility index (Phi) is 4.12. The van der Waals surface area contributed by atoms with Gasteiger partial charge in [0.15, 0.2) is 5.65 Å². The average Bonchev–Trinajstić information content (AvgIpc) is 3.04. The number of alkyl halides is 3. The van der Waals surface area contributed by atoms with E-state index >= 15 is 0 Å². The van der Waals surface area contributed by atoms with E-state index in [9.17, 15) is 13.2 Å². The minimum absolute atomic E-state index is 0.276. The van der Waals surface area contributed by atoms with Gasteiger partial charge in [-0.05, 0) is 42.8 Å². The van der Waals surface area contributed by atoms with E-state index in [2.05, 4.69) is 26.2 Å². The molecule has 0 saturated carbocycles. The normalized spacial score (nSPS) is 15.1. The Balaban J connectivity index is 1.75. The third-order valence-electron chi connectivity index (χ3n) is 4.12. The number of rotatable bonds is 3. The molecule has 3 aromatic rings. The number of ether oxygens (including phenoxy) is 1. The lowest BCUT2D eigenvalue weighted by atomic mass is 10.1. The summed E-state index contributed by atoms with van der Waals surface area (Å²) in [5.41, 5.74) is 3.74. The smallest absolute Gasteiger partial charge is 0.406 e. The second kappa shape index (κ2) is 6.45. The molecule has 5 nitrogen and oxygen atoms in total. The fourth-order valence-electron chi connectivity index (χ4n) is 2.95. The number of fused-ring (bicyclic) bond motifs is 1. The maximum atomic E-state index is 12.5. The van der Waals surface area contributed by atoms with Crippen LogP contribution in [0.25, 0.3) is 22.5 Å². The van der Waals surface area contributed by atoms with Gasteiger partial charge in [0, 0.05) is 12.1 Å². The third-order valence-corrected chi connectivity index (χ3v) is 4.12. The summed E-state index contributed by atoms with van der Waals surface area (Å²) in [5, 5.41) is 7.88. The monoisotopic (exact) mass is 360 g/mol. The Morgan fingerprint density at radius 3 is 2.81 bits per heavy atom. The maximum Gasteiger partial charge on any atom is 0.573 e. The van der Waals surface area contributed by atoms with Crippen molar-refractivity contribution in [3.63, 3.8) is 0 Å². The molecule has 1 aliphatic heterocycles. The van der Waals surface area contributed by atoms with Gasteiger partial charge in [0.1, 0.15) is 5.75 Å². The van der Waals surface area contributed by atoms with E-state index in [1.54, 1.807) is 16.8 Å². The van der Waals surface area contributed by atoms with Gasteiger partial charge in [-0.25, -0.2) is 9.50 Å². The van der Waals surface area contributed by atoms with Crippen molar-refractivity contribution in [3.05, 3.63) is 54.4 Å². The molecule has 2 aromatic heterocycles. The molecule has 1 aromatic carbocycles. The lowest BCUT2D eigenvalue weighted by molar-refractivity contribution is -0.274. The molecule has 0 aliphatic carbocycles. The van der Waals surface area contributed by atoms with Gasteiger partial charge in [-0.3, -0.25) is 0 Å². The van der Waals surface area contributed by atoms with E-state index in [1.807, 2.05) is 12.1 Å². The summed E-state index contributed by atoms with van der Waals surface area (Å²) in [6.07, 6.45) is -0.176. The Hall–Kier alpha value is -2.87. The van der Waals surface area contributed by atoms with Gasteiger partial charge in [0.05, 0.1) is 17.6 Å². The Morgan fingerprint density at radius 1 is 1.15 bits per heavy atom. The molecular weight excluding hydrogens is 345 g/mol. The van der Waals surface area contributed by atoms with Crippen molar-refractivity contribution in [1.29, 1.82) is 0 Å². The van der Waals surface area contributed by atoms with Gasteiger partial charge < -0.3 is 10.1 Å². The molecule has 1 N–H and O–H groups in total. The molecule has 0 bridgehead atoms. The van der Waals surface area contributed by atoms with Crippen LogP contribution in [-0.4, -0.2) is 34.0 Å². The fourth-order valence-corrected chi connectivity index (χ4v) is 2.95. The van der Waals surface area contributed by atoms with Crippen LogP contribution in [0.3, 0.4) is 0 Å². The van der Waals surface area contributed by atoms with E-state index < -0.39 is 6.36 Å². The highest BCUT2D eigenvalue weighted by Gasteiger charge is 2.31. The van der Waals surface area contributed by atoms with Crippen molar-refractivity contribution in [3.8, 4) is 17.0 Å². The Labute approximate surface area is 147 Å². The number of hydrogen-bond donors (Lipinski definition) is 1. The Morgan fingerprint density at radius 2 is 2.04 bits per heavy atom. The van der Waals surface area contributed by atoms with Crippen LogP contribution in [-0.2, 0) is 0 Å². The van der Waals surface area contributed by atoms with Gasteiger partial charge in [-0.2, -0.15) is 5.10 Å². The summed E-state index contributed by atoms with van der Waals surface area (Å²) < 4.78 is 43.0. The minimum atomic E-state index is -4.73. The summed E-state index contributed by atoms with van der Waals surface area (Å²) >= 11 is 0. The van der Waals surface area contributed by atoms with Crippen molar-refractivity contribution in [2.45, 2.75) is 12.8 Å². The van der Waals surface area contributed by atoms with Crippen LogP contribution in [0.2, 0.25) is 0 Å². The molecule has 0 amide bonds. The van der Waals surface area contributed by atoms with Crippen LogP contribution in [0.15, 0.2) is 48.7 Å². The quantitative estimate of drug-likeness (QED) is 0.774. The zero-order chi connectivity index (χ0) is 18.1. The number of hydrogen-bond acceptors (Lipinski definition) is 4. The zero-order valence-corrected chi connectivity index (χ0v) is 13.6. The second-order valence-corrected chi connectivity index (χ2v) is 5.89. The molecule has 26 heavy (non-hydrogen) atoms. The Bertz CT molecular complexity index is 978. The number of benzene rings is 1. The molecule has 3 heterocycles. The largest absolute Gasteiger partial charge is 0.573 e. The molecule has 0 saturated heterocycles. The topological polar surface area (TPSA) is 51.5 Å². The summed E-state index contributed by atoms with van der Waals surface area (Å²) in [5.74, 6) is -0.276. The van der Waals surface area contributed by atoms with Crippen LogP contribution in [0.4, 0.5) is 13.2 Å². The number of imidazole rings is 1. The van der Waals surface area contributed by atoms with Gasteiger partial charge >= 0.3 is 6.36 Å². The minimum Gasteiger partial charge on any atom is -0.406 e. The number of nitrogens with zero attached hydrogens (tertiary/aromatic N) is 3. The molecule has 134 valence electrons. The van der Waals surface area contributed by atoms with E-state index in [-0.39, 0.29) is 5.75 Å². The van der Waals surface area contributed by atoms with Gasteiger partial charge in [0.25, 0.3) is 0 Å². The second-order valence-electron chi connectivity index (χ2n) is 5.89. The van der Waals surface area contributed by atoms with E-state index in [1.165, 1.54) is 18.2 Å². The summed E-state index contributed by atoms with van der Waals surface area (Å²) in [6, 6.07) is 9.56. The highest BCUT2D eigenvalue weighted by molar-refractivity contribution is 5.67. The van der Waals surface area contributed by atoms with Crippen molar-refractivity contribution >= 4 is 11.2 Å². The molecule has 0 spiro atoms. The molecule has 0 unspecified atom stereocenters. The van der Waals surface area contributed by atoms with Crippen LogP contribution >= 0.6 is 0 Å². The van der Waals surface area contributed by atoms with Crippen LogP contribution in [0.1, 0.15) is 12.1 Å². The fraction of sp³-hybridized carbons (Fsp3) is 0.222. The van der Waals surface area contributed by atoms with Crippen molar-refractivity contribution in [1.82, 2.24) is 19.9 Å². The highest BCUT2D eigenvalue weighted by atomic mass is 19.4. The first kappa shape index (κ1) is 16.6. The maximum absolute atomic E-state index is 12.5. The first-order valence-electron chi connectivity index (χ1n) is 8.11. The molecule has 8 heteroatoms. The summed E-state index contributed by atoms with van der Waals surface area (Å²) in [4.78, 5) is 4.29. The van der Waals surface area contributed by atoms with Gasteiger partial charge in [-0.1, -0.05) is 18.2 Å². The molecule has 4 rings (SSSR count). The first-order valence-corrected chi connectivity index (χ1v) is 8.11. The van der Waals surface area contributed by atoms with E-state index in [0.29, 0.717) is 16.9 Å². The lowest BCUT2D eigenvalue weighted by Gasteiger charge is -2.14. The average molecular weight is 360 g/mol. The molecular formula is C18H15F3N4O. The standard InChI is InChI=1S/C18H15F3N4O/c19-18(20,21)26-14-3-1-2-13(10-14)16-11-23-17-5-4-15(24-25(16)17)12-6-8-22-9-7-12/h1-6,10-11,22H,7-9H2. The first-order chi connectivity index (χ1) is 12.5. The number of nitrogens with one attached hydrogen (secondary N) is 1. The lowest BCUT2D eigenvalue weighted by Crippen LogP contribution is -2.20. The van der Waals surface area contributed by atoms with Gasteiger partial charge in [0.2, 0.25) is 0 Å². The molecule has 1 aliphatic rings. The number of aromatic nitrogens is 3. The predicted octanol–water partition coefficient (Wildman–Crippen LogP) is 3.67. The third kappa shape index (κ3) is 3.41. The highest BCUT2D eigenvalue weighted by Crippen LogP contribution is 2.28. The molecule has 0 radical (unpaired) electrons. The SMILES string of the molecule is FC(F)(F)Oc1cccc(-c2cnc3ccc(C4=CCNCC4)nn23)c1. The summed E-state index contributed by atoms with van der Waals surface area (Å²) in [6.45, 7) is 1.68. The van der Waals surface area contributed by atoms with Crippen molar-refractivity contribution < 1.29 is 17.9 Å². The summed E-state index contributed by atoms with van der Waals surface area (Å²) in [7, 11) is 0. The van der Waals surface area contributed by atoms with Crippen LogP contribution < -0.4 is 10.1 Å². The van der Waals surface area contributed by atoms with Crippen molar-refractivity contribution in [2.24, 2.45) is 0 Å². The zero-order valence-electron chi connectivity index (χ0n) is 13.6. The number of halogens is 3. The van der Waals surface area contributed by atoms with E-state index in [4.69, 9.17) is 0 Å². The molecule has 0 fully saturated rings. The van der Waals surface area contributed by atoms with Crippen LogP contribution in [0, 0.1) is 0 Å². The van der Waals surface area contributed by atoms with Crippen molar-refractivity contribution in [2.75, 3.05) is 13.1 Å². The van der Waals surface area contributed by atoms with Crippen LogP contribution in [0.5, 0.6) is 5.75 Å². The van der Waals surface area contributed by atoms with Gasteiger partial charge in [-0.15, -0.1) is 13.2 Å². The molecule has 0 atom stereocenters. The predicted molar refractivity (Wildman–Crippen MR) is 90.6 cm³/mol.